The molecule has 96 valence electrons. The van der Waals surface area contributed by atoms with Gasteiger partial charge in [0.15, 0.2) is 0 Å². The van der Waals surface area contributed by atoms with E-state index in [1.165, 1.54) is 12.8 Å². The van der Waals surface area contributed by atoms with Crippen LogP contribution in [0.25, 0.3) is 11.0 Å². The minimum Gasteiger partial charge on any atom is -0.399 e. The second kappa shape index (κ2) is 4.19. The first-order valence-electron chi connectivity index (χ1n) is 6.65. The van der Waals surface area contributed by atoms with Crippen molar-refractivity contribution in [2.75, 3.05) is 11.1 Å². The van der Waals surface area contributed by atoms with E-state index in [-0.39, 0.29) is 0 Å². The van der Waals surface area contributed by atoms with Crippen molar-refractivity contribution >= 4 is 22.7 Å². The topological polar surface area (TPSA) is 66.7 Å². The fourth-order valence-corrected chi connectivity index (χ4v) is 2.84. The second-order valence-corrected chi connectivity index (χ2v) is 5.53. The molecule has 4 N–H and O–H groups in total. The molecular weight excluding hydrogens is 224 g/mol. The van der Waals surface area contributed by atoms with Gasteiger partial charge in [0.25, 0.3) is 0 Å². The van der Waals surface area contributed by atoms with Crippen LogP contribution >= 0.6 is 0 Å². The van der Waals surface area contributed by atoms with Gasteiger partial charge in [0, 0.05) is 11.7 Å². The number of nitrogens with two attached hydrogens (primary N) is 1. The Morgan fingerprint density at radius 1 is 1.33 bits per heavy atom. The van der Waals surface area contributed by atoms with E-state index in [2.05, 4.69) is 29.1 Å². The summed E-state index contributed by atoms with van der Waals surface area (Å²) < 4.78 is 0. The Balaban J connectivity index is 1.83. The summed E-state index contributed by atoms with van der Waals surface area (Å²) in [6, 6.07) is 6.28. The summed E-state index contributed by atoms with van der Waals surface area (Å²) >= 11 is 0. The molecule has 0 aliphatic heterocycles. The molecule has 1 aliphatic rings. The van der Waals surface area contributed by atoms with Crippen molar-refractivity contribution in [3.63, 3.8) is 0 Å². The SMILES string of the molecule is CC1CCC(Nc2nc3ccc(N)cc3[nH]2)C1C. The van der Waals surface area contributed by atoms with Gasteiger partial charge in [-0.1, -0.05) is 13.8 Å². The minimum atomic E-state index is 0.526. The molecule has 0 amide bonds. The number of nitrogens with zero attached hydrogens (tertiary/aromatic N) is 1. The van der Waals surface area contributed by atoms with Gasteiger partial charge in [-0.05, 0) is 42.9 Å². The third-order valence-corrected chi connectivity index (χ3v) is 4.29. The van der Waals surface area contributed by atoms with Crippen molar-refractivity contribution in [1.29, 1.82) is 0 Å². The third-order valence-electron chi connectivity index (χ3n) is 4.29. The van der Waals surface area contributed by atoms with Gasteiger partial charge in [0.2, 0.25) is 5.95 Å². The van der Waals surface area contributed by atoms with Crippen molar-refractivity contribution in [3.8, 4) is 0 Å². The van der Waals surface area contributed by atoms with E-state index < -0.39 is 0 Å². The van der Waals surface area contributed by atoms with E-state index in [4.69, 9.17) is 5.73 Å². The Morgan fingerprint density at radius 3 is 2.89 bits per heavy atom. The molecule has 3 unspecified atom stereocenters. The lowest BCUT2D eigenvalue weighted by Crippen LogP contribution is -2.24. The molecule has 0 radical (unpaired) electrons. The largest absolute Gasteiger partial charge is 0.399 e. The zero-order chi connectivity index (χ0) is 12.7. The molecule has 2 aromatic rings. The molecule has 1 aromatic carbocycles. The van der Waals surface area contributed by atoms with Crippen LogP contribution in [0.15, 0.2) is 18.2 Å². The Bertz CT molecular complexity index is 560. The minimum absolute atomic E-state index is 0.526. The summed E-state index contributed by atoms with van der Waals surface area (Å²) in [5.74, 6) is 2.35. The van der Waals surface area contributed by atoms with Crippen molar-refractivity contribution in [3.05, 3.63) is 18.2 Å². The van der Waals surface area contributed by atoms with Gasteiger partial charge in [-0.15, -0.1) is 0 Å². The van der Waals surface area contributed by atoms with Crippen LogP contribution in [0.1, 0.15) is 26.7 Å². The molecule has 0 bridgehead atoms. The summed E-state index contributed by atoms with van der Waals surface area (Å²) in [6.45, 7) is 4.64. The highest BCUT2D eigenvalue weighted by Gasteiger charge is 2.30. The van der Waals surface area contributed by atoms with Gasteiger partial charge in [0.05, 0.1) is 11.0 Å². The molecule has 18 heavy (non-hydrogen) atoms. The first-order chi connectivity index (χ1) is 8.63. The zero-order valence-corrected chi connectivity index (χ0v) is 10.9. The van der Waals surface area contributed by atoms with Crippen LogP contribution in [0.2, 0.25) is 0 Å². The maximum Gasteiger partial charge on any atom is 0.201 e. The molecule has 4 nitrogen and oxygen atoms in total. The van der Waals surface area contributed by atoms with Crippen molar-refractivity contribution in [1.82, 2.24) is 9.97 Å². The van der Waals surface area contributed by atoms with E-state index in [1.807, 2.05) is 18.2 Å². The number of fused-ring (bicyclic) bond motifs is 1. The number of hydrogen-bond acceptors (Lipinski definition) is 3. The summed E-state index contributed by atoms with van der Waals surface area (Å²) in [6.07, 6.45) is 2.52. The van der Waals surface area contributed by atoms with Crippen LogP contribution in [0.4, 0.5) is 11.6 Å². The molecule has 0 saturated heterocycles. The maximum absolute atomic E-state index is 5.77. The summed E-state index contributed by atoms with van der Waals surface area (Å²) in [5.41, 5.74) is 8.49. The van der Waals surface area contributed by atoms with Crippen LogP contribution < -0.4 is 11.1 Å². The number of aromatic amines is 1. The third kappa shape index (κ3) is 1.92. The van der Waals surface area contributed by atoms with E-state index in [0.717, 1.165) is 28.6 Å². The molecular formula is C14H20N4. The molecule has 1 fully saturated rings. The normalized spacial score (nSPS) is 27.8. The second-order valence-electron chi connectivity index (χ2n) is 5.53. The van der Waals surface area contributed by atoms with Crippen molar-refractivity contribution in [2.24, 2.45) is 11.8 Å². The quantitative estimate of drug-likeness (QED) is 0.711. The smallest absolute Gasteiger partial charge is 0.201 e. The number of rotatable bonds is 2. The lowest BCUT2D eigenvalue weighted by Gasteiger charge is -2.18. The molecule has 3 atom stereocenters. The standard InChI is InChI=1S/C14H20N4/c1-8-3-5-11(9(8)2)16-14-17-12-6-4-10(15)7-13(12)18-14/h4,6-9,11H,3,5,15H2,1-2H3,(H2,16,17,18). The Labute approximate surface area is 107 Å². The van der Waals surface area contributed by atoms with Crippen LogP contribution in [0, 0.1) is 11.8 Å². The van der Waals surface area contributed by atoms with Gasteiger partial charge >= 0.3 is 0 Å². The number of hydrogen-bond donors (Lipinski definition) is 3. The van der Waals surface area contributed by atoms with Crippen LogP contribution in [-0.2, 0) is 0 Å². The number of aromatic nitrogens is 2. The maximum atomic E-state index is 5.77. The van der Waals surface area contributed by atoms with Gasteiger partial charge in [-0.3, -0.25) is 0 Å². The summed E-state index contributed by atoms with van der Waals surface area (Å²) in [7, 11) is 0. The average Bonchev–Trinajstić information content (AvgIpc) is 2.86. The van der Waals surface area contributed by atoms with Gasteiger partial charge in [-0.25, -0.2) is 4.98 Å². The van der Waals surface area contributed by atoms with E-state index in [1.54, 1.807) is 0 Å². The number of anilines is 2. The molecule has 1 aromatic heterocycles. The molecule has 1 saturated carbocycles. The fourth-order valence-electron chi connectivity index (χ4n) is 2.84. The first-order valence-corrected chi connectivity index (χ1v) is 6.65. The highest BCUT2D eigenvalue weighted by Crippen LogP contribution is 2.33. The van der Waals surface area contributed by atoms with E-state index in [9.17, 15) is 0 Å². The Hall–Kier alpha value is -1.71. The highest BCUT2D eigenvalue weighted by molar-refractivity contribution is 5.80. The molecule has 1 heterocycles. The fraction of sp³-hybridized carbons (Fsp3) is 0.500. The summed E-state index contributed by atoms with van der Waals surface area (Å²) in [4.78, 5) is 7.85. The molecule has 3 rings (SSSR count). The van der Waals surface area contributed by atoms with Gasteiger partial charge in [0.1, 0.15) is 0 Å². The number of nitrogens with one attached hydrogen (secondary N) is 2. The number of H-pyrrole nitrogens is 1. The number of benzene rings is 1. The van der Waals surface area contributed by atoms with E-state index in [0.29, 0.717) is 12.0 Å². The van der Waals surface area contributed by atoms with Crippen LogP contribution in [-0.4, -0.2) is 16.0 Å². The zero-order valence-electron chi connectivity index (χ0n) is 10.9. The average molecular weight is 244 g/mol. The van der Waals surface area contributed by atoms with Crippen LogP contribution in [0.5, 0.6) is 0 Å². The number of imidazole rings is 1. The van der Waals surface area contributed by atoms with E-state index >= 15 is 0 Å². The van der Waals surface area contributed by atoms with Gasteiger partial charge in [-0.2, -0.15) is 0 Å². The molecule has 1 aliphatic carbocycles. The van der Waals surface area contributed by atoms with Crippen molar-refractivity contribution < 1.29 is 0 Å². The number of nitrogen functional groups attached to an aromatic ring is 1. The molecule has 4 heteroatoms. The predicted octanol–water partition coefficient (Wildman–Crippen LogP) is 2.99. The Kier molecular flexibility index (Phi) is 2.65. The Morgan fingerprint density at radius 2 is 2.17 bits per heavy atom. The van der Waals surface area contributed by atoms with Gasteiger partial charge < -0.3 is 16.0 Å². The van der Waals surface area contributed by atoms with Crippen molar-refractivity contribution in [2.45, 2.75) is 32.7 Å². The monoisotopic (exact) mass is 244 g/mol. The lowest BCUT2D eigenvalue weighted by molar-refractivity contribution is 0.434. The first kappa shape index (κ1) is 11.4. The molecule has 0 spiro atoms. The highest BCUT2D eigenvalue weighted by atomic mass is 15.1. The lowest BCUT2D eigenvalue weighted by atomic mass is 9.98. The summed E-state index contributed by atoms with van der Waals surface area (Å²) in [5, 5.41) is 3.52. The van der Waals surface area contributed by atoms with Crippen LogP contribution in [0.3, 0.4) is 0 Å². The predicted molar refractivity (Wildman–Crippen MR) is 75.5 cm³/mol.